The van der Waals surface area contributed by atoms with Crippen LogP contribution in [0.2, 0.25) is 0 Å². The number of benzene rings is 1. The molecule has 0 aliphatic carbocycles. The summed E-state index contributed by atoms with van der Waals surface area (Å²) in [5, 5.41) is 0. The molecule has 1 saturated heterocycles. The molecule has 1 unspecified atom stereocenters. The molecule has 0 saturated carbocycles. The summed E-state index contributed by atoms with van der Waals surface area (Å²) >= 11 is 1.88. The molecule has 2 heterocycles. The van der Waals surface area contributed by atoms with Gasteiger partial charge in [0, 0.05) is 18.0 Å². The van der Waals surface area contributed by atoms with E-state index < -0.39 is 0 Å². The lowest BCUT2D eigenvalue weighted by atomic mass is 10.2. The van der Waals surface area contributed by atoms with E-state index in [2.05, 4.69) is 10.5 Å². The third-order valence-electron chi connectivity index (χ3n) is 3.42. The fourth-order valence-corrected chi connectivity index (χ4v) is 3.27. The van der Waals surface area contributed by atoms with Gasteiger partial charge in [-0.1, -0.05) is 30.3 Å². The summed E-state index contributed by atoms with van der Waals surface area (Å²) in [6, 6.07) is 13.0. The van der Waals surface area contributed by atoms with Crippen molar-refractivity contribution in [3.63, 3.8) is 0 Å². The summed E-state index contributed by atoms with van der Waals surface area (Å²) in [5.74, 6) is 2.36. The van der Waals surface area contributed by atoms with E-state index in [9.17, 15) is 4.79 Å². The van der Waals surface area contributed by atoms with Crippen molar-refractivity contribution in [3.8, 4) is 5.88 Å². The summed E-state index contributed by atoms with van der Waals surface area (Å²) in [5.41, 5.74) is 3.84. The second-order valence-corrected chi connectivity index (χ2v) is 6.34. The van der Waals surface area contributed by atoms with Crippen LogP contribution in [-0.4, -0.2) is 28.5 Å². The number of carbonyl (C=O) groups is 1. The first-order valence-corrected chi connectivity index (χ1v) is 8.63. The van der Waals surface area contributed by atoms with E-state index in [0.717, 1.165) is 23.5 Å². The SMILES string of the molecule is O=C(NOCc1ccccc1)c1ccc(OC2CCSC2)nc1. The van der Waals surface area contributed by atoms with Gasteiger partial charge in [-0.3, -0.25) is 9.63 Å². The zero-order valence-corrected chi connectivity index (χ0v) is 13.4. The van der Waals surface area contributed by atoms with Crippen molar-refractivity contribution >= 4 is 17.7 Å². The molecule has 1 aliphatic rings. The highest BCUT2D eigenvalue weighted by atomic mass is 32.2. The Hall–Kier alpha value is -2.05. The zero-order chi connectivity index (χ0) is 15.9. The number of carbonyl (C=O) groups excluding carboxylic acids is 1. The number of hydrogen-bond acceptors (Lipinski definition) is 5. The van der Waals surface area contributed by atoms with Gasteiger partial charge < -0.3 is 4.74 Å². The Labute approximate surface area is 139 Å². The van der Waals surface area contributed by atoms with E-state index in [-0.39, 0.29) is 12.0 Å². The minimum absolute atomic E-state index is 0.224. The molecule has 0 spiro atoms. The molecular formula is C17H18N2O3S. The monoisotopic (exact) mass is 330 g/mol. The van der Waals surface area contributed by atoms with Crippen LogP contribution in [-0.2, 0) is 11.4 Å². The molecule has 3 rings (SSSR count). The van der Waals surface area contributed by atoms with Crippen molar-refractivity contribution in [2.24, 2.45) is 0 Å². The van der Waals surface area contributed by atoms with E-state index in [1.165, 1.54) is 6.20 Å². The van der Waals surface area contributed by atoms with Crippen LogP contribution in [0.1, 0.15) is 22.3 Å². The molecule has 120 valence electrons. The largest absolute Gasteiger partial charge is 0.473 e. The first-order chi connectivity index (χ1) is 11.3. The van der Waals surface area contributed by atoms with Crippen LogP contribution in [0.4, 0.5) is 0 Å². The predicted molar refractivity (Wildman–Crippen MR) is 89.3 cm³/mol. The van der Waals surface area contributed by atoms with Gasteiger partial charge in [-0.15, -0.1) is 0 Å². The maximum atomic E-state index is 12.0. The fourth-order valence-electron chi connectivity index (χ4n) is 2.18. The number of thioether (sulfide) groups is 1. The highest BCUT2D eigenvalue weighted by Gasteiger charge is 2.17. The Morgan fingerprint density at radius 1 is 1.26 bits per heavy atom. The van der Waals surface area contributed by atoms with E-state index >= 15 is 0 Å². The Bertz CT molecular complexity index is 628. The summed E-state index contributed by atoms with van der Waals surface area (Å²) in [6.07, 6.45) is 2.77. The first kappa shape index (κ1) is 15.8. The molecule has 1 aromatic carbocycles. The average molecular weight is 330 g/mol. The molecule has 5 nitrogen and oxygen atoms in total. The first-order valence-electron chi connectivity index (χ1n) is 7.48. The van der Waals surface area contributed by atoms with Crippen LogP contribution >= 0.6 is 11.8 Å². The highest BCUT2D eigenvalue weighted by molar-refractivity contribution is 7.99. The maximum absolute atomic E-state index is 12.0. The lowest BCUT2D eigenvalue weighted by Crippen LogP contribution is -2.23. The Morgan fingerprint density at radius 3 is 2.83 bits per heavy atom. The van der Waals surface area contributed by atoms with Crippen LogP contribution in [0.5, 0.6) is 5.88 Å². The Balaban J connectivity index is 1.47. The highest BCUT2D eigenvalue weighted by Crippen LogP contribution is 2.21. The smallest absolute Gasteiger partial charge is 0.276 e. The minimum Gasteiger partial charge on any atom is -0.473 e. The maximum Gasteiger partial charge on any atom is 0.276 e. The van der Waals surface area contributed by atoms with Crippen LogP contribution < -0.4 is 10.2 Å². The fraction of sp³-hybridized carbons (Fsp3) is 0.294. The molecular weight excluding hydrogens is 312 g/mol. The average Bonchev–Trinajstić information content (AvgIpc) is 3.09. The second-order valence-electron chi connectivity index (χ2n) is 5.19. The van der Waals surface area contributed by atoms with Crippen LogP contribution in [0.25, 0.3) is 0 Å². The van der Waals surface area contributed by atoms with Gasteiger partial charge in [0.15, 0.2) is 0 Å². The van der Waals surface area contributed by atoms with Crippen LogP contribution in [0, 0.1) is 0 Å². The molecule has 23 heavy (non-hydrogen) atoms. The molecule has 1 N–H and O–H groups in total. The third kappa shape index (κ3) is 4.71. The standard InChI is InChI=1S/C17H18N2O3S/c20-17(19-21-11-13-4-2-1-3-5-13)14-6-7-16(18-10-14)22-15-8-9-23-12-15/h1-7,10,15H,8-9,11-12H2,(H,19,20). The van der Waals surface area contributed by atoms with Gasteiger partial charge in [-0.05, 0) is 23.8 Å². The normalized spacial score (nSPS) is 17.0. The quantitative estimate of drug-likeness (QED) is 0.825. The number of amides is 1. The van der Waals surface area contributed by atoms with Crippen molar-refractivity contribution in [1.29, 1.82) is 0 Å². The molecule has 6 heteroatoms. The van der Waals surface area contributed by atoms with E-state index in [1.807, 2.05) is 42.1 Å². The number of rotatable bonds is 6. The van der Waals surface area contributed by atoms with E-state index in [4.69, 9.17) is 9.57 Å². The predicted octanol–water partition coefficient (Wildman–Crippen LogP) is 2.83. The molecule has 1 atom stereocenters. The lowest BCUT2D eigenvalue weighted by molar-refractivity contribution is 0.0233. The number of nitrogens with zero attached hydrogens (tertiary/aromatic N) is 1. The number of ether oxygens (including phenoxy) is 1. The number of nitrogens with one attached hydrogen (secondary N) is 1. The van der Waals surface area contributed by atoms with Crippen molar-refractivity contribution in [2.45, 2.75) is 19.1 Å². The molecule has 1 aromatic heterocycles. The molecule has 1 amide bonds. The number of pyridine rings is 1. The second kappa shape index (κ2) is 7.99. The zero-order valence-electron chi connectivity index (χ0n) is 12.6. The number of hydrogen-bond donors (Lipinski definition) is 1. The van der Waals surface area contributed by atoms with Crippen molar-refractivity contribution < 1.29 is 14.4 Å². The summed E-state index contributed by atoms with van der Waals surface area (Å²) < 4.78 is 5.75. The Kier molecular flexibility index (Phi) is 5.50. The summed E-state index contributed by atoms with van der Waals surface area (Å²) in [4.78, 5) is 21.4. The van der Waals surface area contributed by atoms with E-state index in [1.54, 1.807) is 12.1 Å². The summed E-state index contributed by atoms with van der Waals surface area (Å²) in [7, 11) is 0. The van der Waals surface area contributed by atoms with Crippen molar-refractivity contribution in [3.05, 3.63) is 59.8 Å². The summed E-state index contributed by atoms with van der Waals surface area (Å²) in [6.45, 7) is 0.320. The lowest BCUT2D eigenvalue weighted by Gasteiger charge is -2.11. The van der Waals surface area contributed by atoms with E-state index in [0.29, 0.717) is 18.1 Å². The molecule has 2 aromatic rings. The third-order valence-corrected chi connectivity index (χ3v) is 4.55. The molecule has 1 aliphatic heterocycles. The van der Waals surface area contributed by atoms with Gasteiger partial charge in [-0.2, -0.15) is 11.8 Å². The van der Waals surface area contributed by atoms with Crippen molar-refractivity contribution in [1.82, 2.24) is 10.5 Å². The van der Waals surface area contributed by atoms with Gasteiger partial charge in [0.05, 0.1) is 12.2 Å². The number of aromatic nitrogens is 1. The topological polar surface area (TPSA) is 60.5 Å². The van der Waals surface area contributed by atoms with Gasteiger partial charge in [0.25, 0.3) is 5.91 Å². The van der Waals surface area contributed by atoms with Crippen molar-refractivity contribution in [2.75, 3.05) is 11.5 Å². The van der Waals surface area contributed by atoms with Crippen LogP contribution in [0.15, 0.2) is 48.7 Å². The Morgan fingerprint density at radius 2 is 2.13 bits per heavy atom. The molecule has 0 bridgehead atoms. The van der Waals surface area contributed by atoms with Crippen LogP contribution in [0.3, 0.4) is 0 Å². The number of hydroxylamine groups is 1. The molecule has 1 fully saturated rings. The van der Waals surface area contributed by atoms with Gasteiger partial charge >= 0.3 is 0 Å². The van der Waals surface area contributed by atoms with Gasteiger partial charge in [0.2, 0.25) is 5.88 Å². The van der Waals surface area contributed by atoms with Gasteiger partial charge in [-0.25, -0.2) is 10.5 Å². The minimum atomic E-state index is -0.323. The van der Waals surface area contributed by atoms with Gasteiger partial charge in [0.1, 0.15) is 6.10 Å². The molecule has 0 radical (unpaired) electrons.